The predicted octanol–water partition coefficient (Wildman–Crippen LogP) is 3.88. The highest BCUT2D eigenvalue weighted by Gasteiger charge is 2.35. The standard InChI is InChI=1S/C33H37F3N6O7/c1-21-15-38-32-40-28(18-42(32)17-21)24-5-3-22(2)27(14-24)39-31(47)25-6-4-23(13-26(25)33(34,35)36)16-37-7-9-48-11-12-49-10-8-41(19-29(43)44)20-30(45)46/h3-6,13-15,17-18,37H,7-12,16,19-20H2,1-2H3,(H,39,47)(H,43,44)(H,45,46). The van der Waals surface area contributed by atoms with Gasteiger partial charge in [0.15, 0.2) is 0 Å². The number of rotatable bonds is 18. The van der Waals surface area contributed by atoms with Gasteiger partial charge in [-0.25, -0.2) is 9.97 Å². The van der Waals surface area contributed by atoms with Gasteiger partial charge in [-0.3, -0.25) is 23.7 Å². The van der Waals surface area contributed by atoms with Crippen LogP contribution in [0.4, 0.5) is 18.9 Å². The summed E-state index contributed by atoms with van der Waals surface area (Å²) in [5, 5.41) is 23.3. The van der Waals surface area contributed by atoms with E-state index in [1.54, 1.807) is 35.9 Å². The number of fused-ring (bicyclic) bond motifs is 1. The van der Waals surface area contributed by atoms with E-state index in [1.807, 2.05) is 19.2 Å². The number of benzene rings is 2. The number of anilines is 1. The van der Waals surface area contributed by atoms with Crippen LogP contribution in [0.15, 0.2) is 55.0 Å². The summed E-state index contributed by atoms with van der Waals surface area (Å²) >= 11 is 0. The van der Waals surface area contributed by atoms with Crippen molar-refractivity contribution in [1.82, 2.24) is 24.6 Å². The van der Waals surface area contributed by atoms with Crippen molar-refractivity contribution in [3.63, 3.8) is 0 Å². The molecular formula is C33H37F3N6O7. The van der Waals surface area contributed by atoms with Gasteiger partial charge in [-0.15, -0.1) is 0 Å². The molecule has 0 radical (unpaired) electrons. The summed E-state index contributed by atoms with van der Waals surface area (Å²) in [5.74, 6) is -2.69. The second kappa shape index (κ2) is 17.0. The van der Waals surface area contributed by atoms with Crippen molar-refractivity contribution in [3.8, 4) is 11.3 Å². The number of nitrogens with one attached hydrogen (secondary N) is 2. The van der Waals surface area contributed by atoms with Gasteiger partial charge in [0, 0.05) is 49.5 Å². The maximum Gasteiger partial charge on any atom is 0.417 e. The highest BCUT2D eigenvalue weighted by molar-refractivity contribution is 6.06. The number of aliphatic carboxylic acids is 2. The zero-order chi connectivity index (χ0) is 35.6. The fourth-order valence-electron chi connectivity index (χ4n) is 4.85. The number of nitrogens with zero attached hydrogens (tertiary/aromatic N) is 4. The Kier molecular flexibility index (Phi) is 12.8. The van der Waals surface area contributed by atoms with E-state index in [9.17, 15) is 27.6 Å². The third-order valence-electron chi connectivity index (χ3n) is 7.25. The molecule has 2 aromatic carbocycles. The molecule has 13 nitrogen and oxygen atoms in total. The summed E-state index contributed by atoms with van der Waals surface area (Å²) in [7, 11) is 0. The lowest BCUT2D eigenvalue weighted by atomic mass is 10.0. The van der Waals surface area contributed by atoms with Gasteiger partial charge in [0.05, 0.1) is 56.3 Å². The molecule has 0 unspecified atom stereocenters. The zero-order valence-electron chi connectivity index (χ0n) is 26.9. The molecule has 0 saturated heterocycles. The Balaban J connectivity index is 1.27. The number of imidazole rings is 1. The fraction of sp³-hybridized carbons (Fsp3) is 0.364. The van der Waals surface area contributed by atoms with Gasteiger partial charge in [0.25, 0.3) is 5.91 Å². The monoisotopic (exact) mass is 686 g/mol. The van der Waals surface area contributed by atoms with Gasteiger partial charge in [-0.1, -0.05) is 18.2 Å². The molecule has 0 aliphatic heterocycles. The van der Waals surface area contributed by atoms with E-state index in [2.05, 4.69) is 20.6 Å². The summed E-state index contributed by atoms with van der Waals surface area (Å²) < 4.78 is 54.8. The van der Waals surface area contributed by atoms with Crippen LogP contribution in [0.1, 0.15) is 32.6 Å². The summed E-state index contributed by atoms with van der Waals surface area (Å²) in [4.78, 5) is 44.8. The molecule has 0 spiro atoms. The lowest BCUT2D eigenvalue weighted by Crippen LogP contribution is -2.37. The maximum atomic E-state index is 14.1. The number of carboxylic acid groups (broad SMARTS) is 2. The van der Waals surface area contributed by atoms with Gasteiger partial charge in [0.2, 0.25) is 5.78 Å². The Morgan fingerprint density at radius 3 is 2.35 bits per heavy atom. The van der Waals surface area contributed by atoms with E-state index in [4.69, 9.17) is 19.7 Å². The van der Waals surface area contributed by atoms with Crippen LogP contribution in [0, 0.1) is 13.8 Å². The average molecular weight is 687 g/mol. The van der Waals surface area contributed by atoms with Crippen molar-refractivity contribution in [3.05, 3.63) is 82.8 Å². The molecule has 0 aliphatic rings. The fourth-order valence-corrected chi connectivity index (χ4v) is 4.85. The van der Waals surface area contributed by atoms with Crippen LogP contribution in [0.3, 0.4) is 0 Å². The Morgan fingerprint density at radius 2 is 1.65 bits per heavy atom. The number of alkyl halides is 3. The number of hydrogen-bond donors (Lipinski definition) is 4. The lowest BCUT2D eigenvalue weighted by Gasteiger charge is -2.17. The molecule has 0 bridgehead atoms. The topological polar surface area (TPSA) is 168 Å². The van der Waals surface area contributed by atoms with Crippen LogP contribution in [0.25, 0.3) is 17.0 Å². The number of aryl methyl sites for hydroxylation is 2. The zero-order valence-corrected chi connectivity index (χ0v) is 26.9. The SMILES string of the molecule is Cc1cnc2nc(-c3ccc(C)c(NC(=O)c4ccc(CNCCOCCOCCN(CC(=O)O)CC(=O)O)cc4C(F)(F)F)c3)cn2c1. The van der Waals surface area contributed by atoms with Crippen molar-refractivity contribution < 1.29 is 47.2 Å². The molecule has 49 heavy (non-hydrogen) atoms. The summed E-state index contributed by atoms with van der Waals surface area (Å²) in [6.45, 7) is 4.10. The van der Waals surface area contributed by atoms with Crippen molar-refractivity contribution >= 4 is 29.3 Å². The largest absolute Gasteiger partial charge is 0.480 e. The number of ether oxygens (including phenoxy) is 2. The third kappa shape index (κ3) is 11.1. The Labute approximate surface area is 279 Å². The van der Waals surface area contributed by atoms with Gasteiger partial charge >= 0.3 is 18.1 Å². The molecule has 4 rings (SSSR count). The smallest absolute Gasteiger partial charge is 0.417 e. The van der Waals surface area contributed by atoms with Crippen LogP contribution >= 0.6 is 0 Å². The number of hydrogen-bond acceptors (Lipinski definition) is 9. The quantitative estimate of drug-likeness (QED) is 0.112. The minimum atomic E-state index is -4.78. The molecule has 262 valence electrons. The lowest BCUT2D eigenvalue weighted by molar-refractivity contribution is -0.142. The summed E-state index contributed by atoms with van der Waals surface area (Å²) in [6, 6.07) is 8.80. The average Bonchev–Trinajstić information content (AvgIpc) is 3.45. The molecule has 4 N–H and O–H groups in total. The van der Waals surface area contributed by atoms with Crippen LogP contribution < -0.4 is 10.6 Å². The van der Waals surface area contributed by atoms with Gasteiger partial charge < -0.3 is 30.3 Å². The molecule has 1 amide bonds. The van der Waals surface area contributed by atoms with E-state index >= 15 is 0 Å². The second-order valence-corrected chi connectivity index (χ2v) is 11.2. The highest BCUT2D eigenvalue weighted by atomic mass is 19.4. The number of halogens is 3. The molecule has 0 fully saturated rings. The minimum absolute atomic E-state index is 0.0996. The Hall–Kier alpha value is -4.90. The first-order valence-corrected chi connectivity index (χ1v) is 15.3. The number of aromatic nitrogens is 3. The number of carbonyl (C=O) groups excluding carboxylic acids is 1. The van der Waals surface area contributed by atoms with Crippen molar-refractivity contribution in [2.45, 2.75) is 26.6 Å². The molecule has 2 aromatic heterocycles. The van der Waals surface area contributed by atoms with E-state index in [1.165, 1.54) is 11.0 Å². The number of carbonyl (C=O) groups is 3. The van der Waals surface area contributed by atoms with E-state index in [0.717, 1.165) is 17.7 Å². The van der Waals surface area contributed by atoms with E-state index in [0.29, 0.717) is 40.4 Å². The van der Waals surface area contributed by atoms with Crippen LogP contribution in [0.2, 0.25) is 0 Å². The molecule has 0 atom stereocenters. The predicted molar refractivity (Wildman–Crippen MR) is 172 cm³/mol. The number of amides is 1. The van der Waals surface area contributed by atoms with Gasteiger partial charge in [-0.05, 0) is 48.7 Å². The Bertz CT molecular complexity index is 1760. The molecule has 0 saturated carbocycles. The van der Waals surface area contributed by atoms with Crippen molar-refractivity contribution in [2.75, 3.05) is 57.9 Å². The molecule has 16 heteroatoms. The Morgan fingerprint density at radius 1 is 0.939 bits per heavy atom. The minimum Gasteiger partial charge on any atom is -0.480 e. The molecule has 4 aromatic rings. The maximum absolute atomic E-state index is 14.1. The first-order valence-electron chi connectivity index (χ1n) is 15.3. The van der Waals surface area contributed by atoms with Crippen LogP contribution in [-0.2, 0) is 31.8 Å². The van der Waals surface area contributed by atoms with Crippen molar-refractivity contribution in [2.24, 2.45) is 0 Å². The van der Waals surface area contributed by atoms with Crippen molar-refractivity contribution in [1.29, 1.82) is 0 Å². The third-order valence-corrected chi connectivity index (χ3v) is 7.25. The molecular weight excluding hydrogens is 649 g/mol. The molecule has 2 heterocycles. The van der Waals surface area contributed by atoms with Crippen LogP contribution in [0.5, 0.6) is 0 Å². The first kappa shape index (κ1) is 36.9. The van der Waals surface area contributed by atoms with Gasteiger partial charge in [0.1, 0.15) is 0 Å². The second-order valence-electron chi connectivity index (χ2n) is 11.2. The normalized spacial score (nSPS) is 11.7. The first-order chi connectivity index (χ1) is 23.3. The summed E-state index contributed by atoms with van der Waals surface area (Å²) in [5.41, 5.74) is 1.98. The number of carboxylic acids is 2. The van der Waals surface area contributed by atoms with Crippen LogP contribution in [-0.4, -0.2) is 99.9 Å². The molecule has 0 aliphatic carbocycles. The van der Waals surface area contributed by atoms with E-state index < -0.39 is 48.2 Å². The highest BCUT2D eigenvalue weighted by Crippen LogP contribution is 2.34. The van der Waals surface area contributed by atoms with Gasteiger partial charge in [-0.2, -0.15) is 13.2 Å². The van der Waals surface area contributed by atoms with E-state index in [-0.39, 0.29) is 39.5 Å². The summed E-state index contributed by atoms with van der Waals surface area (Å²) in [6.07, 6.45) is 0.581.